The van der Waals surface area contributed by atoms with Crippen molar-refractivity contribution in [3.63, 3.8) is 0 Å². The smallest absolute Gasteiger partial charge is 0.264 e. The Hall–Kier alpha value is -4.43. The fraction of sp³-hybridized carbons (Fsp3) is 0.333. The molecule has 1 unspecified atom stereocenters. The van der Waals surface area contributed by atoms with Crippen molar-refractivity contribution in [1.82, 2.24) is 10.2 Å². The molecule has 0 bridgehead atoms. The summed E-state index contributed by atoms with van der Waals surface area (Å²) in [7, 11) is -4.15. The predicted molar refractivity (Wildman–Crippen MR) is 190 cm³/mol. The highest BCUT2D eigenvalue weighted by molar-refractivity contribution is 7.92. The third kappa shape index (κ3) is 9.55. The molecule has 0 saturated heterocycles. The van der Waals surface area contributed by atoms with Crippen molar-refractivity contribution in [3.8, 4) is 0 Å². The van der Waals surface area contributed by atoms with Crippen LogP contribution in [0.5, 0.6) is 0 Å². The molecule has 0 aliphatic rings. The molecule has 47 heavy (non-hydrogen) atoms. The Balaban J connectivity index is 1.80. The number of carbonyl (C=O) groups is 2. The van der Waals surface area contributed by atoms with Gasteiger partial charge in [0.25, 0.3) is 10.0 Å². The van der Waals surface area contributed by atoms with Gasteiger partial charge in [-0.25, -0.2) is 8.42 Å². The van der Waals surface area contributed by atoms with Gasteiger partial charge in [0.05, 0.1) is 10.6 Å². The minimum absolute atomic E-state index is 0.0874. The van der Waals surface area contributed by atoms with Gasteiger partial charge in [0.15, 0.2) is 0 Å². The molecule has 1 atom stereocenters. The maximum atomic E-state index is 14.6. The quantitative estimate of drug-likeness (QED) is 0.158. The zero-order valence-electron chi connectivity index (χ0n) is 28.3. The third-order valence-electron chi connectivity index (χ3n) is 8.16. The number of nitrogens with one attached hydrogen (secondary N) is 1. The van der Waals surface area contributed by atoms with E-state index in [9.17, 15) is 18.0 Å². The molecule has 0 radical (unpaired) electrons. The first-order valence-electron chi connectivity index (χ1n) is 16.2. The van der Waals surface area contributed by atoms with Crippen molar-refractivity contribution >= 4 is 27.5 Å². The fourth-order valence-electron chi connectivity index (χ4n) is 5.26. The second-order valence-corrected chi connectivity index (χ2v) is 14.8. The first kappa shape index (κ1) is 35.4. The van der Waals surface area contributed by atoms with Crippen LogP contribution in [0.3, 0.4) is 0 Å². The minimum Gasteiger partial charge on any atom is -0.354 e. The molecule has 0 heterocycles. The van der Waals surface area contributed by atoms with E-state index in [0.717, 1.165) is 32.1 Å². The molecule has 0 aliphatic heterocycles. The second kappa shape index (κ2) is 15.9. The van der Waals surface area contributed by atoms with Crippen LogP contribution in [0, 0.1) is 19.8 Å². The Kier molecular flexibility index (Phi) is 12.0. The molecule has 1 N–H and O–H groups in total. The van der Waals surface area contributed by atoms with Crippen LogP contribution in [-0.2, 0) is 32.6 Å². The summed E-state index contributed by atoms with van der Waals surface area (Å²) >= 11 is 0. The summed E-state index contributed by atoms with van der Waals surface area (Å²) in [6.45, 7) is 12.2. The highest BCUT2D eigenvalue weighted by Gasteiger charge is 2.34. The Labute approximate surface area is 280 Å². The first-order valence-corrected chi connectivity index (χ1v) is 17.6. The van der Waals surface area contributed by atoms with Gasteiger partial charge < -0.3 is 10.2 Å². The molecule has 4 aromatic rings. The van der Waals surface area contributed by atoms with Crippen LogP contribution in [0.25, 0.3) is 0 Å². The summed E-state index contributed by atoms with van der Waals surface area (Å²) in [6.07, 6.45) is 0.274. The van der Waals surface area contributed by atoms with Crippen molar-refractivity contribution in [2.45, 2.75) is 71.4 Å². The normalized spacial score (nSPS) is 12.2. The fourth-order valence-corrected chi connectivity index (χ4v) is 6.67. The molecule has 8 heteroatoms. The second-order valence-electron chi connectivity index (χ2n) is 12.9. The van der Waals surface area contributed by atoms with Gasteiger partial charge in [0.1, 0.15) is 12.6 Å². The van der Waals surface area contributed by atoms with Crippen LogP contribution in [0.2, 0.25) is 0 Å². The lowest BCUT2D eigenvalue weighted by atomic mass is 10.0. The van der Waals surface area contributed by atoms with Crippen LogP contribution < -0.4 is 9.62 Å². The van der Waals surface area contributed by atoms with Crippen LogP contribution in [0.1, 0.15) is 61.4 Å². The van der Waals surface area contributed by atoms with Crippen molar-refractivity contribution in [1.29, 1.82) is 0 Å². The van der Waals surface area contributed by atoms with Crippen molar-refractivity contribution in [2.75, 3.05) is 17.4 Å². The standard InChI is InChI=1S/C39H47N3O4S/c1-28(2)25-40-39(44)37(24-32-10-8-7-9-11-32)41(26-33-16-12-30(5)13-17-33)38(43)27-42(35-20-18-34(19-21-35)29(3)4)47(45,46)36-22-14-31(6)15-23-36/h7-23,28-29,37H,24-27H2,1-6H3,(H,40,44). The van der Waals surface area contributed by atoms with E-state index in [0.29, 0.717) is 12.2 Å². The Morgan fingerprint density at radius 2 is 1.30 bits per heavy atom. The molecule has 4 rings (SSSR count). The average molecular weight is 654 g/mol. The van der Waals surface area contributed by atoms with E-state index in [1.165, 1.54) is 4.90 Å². The maximum absolute atomic E-state index is 14.6. The first-order chi connectivity index (χ1) is 22.3. The van der Waals surface area contributed by atoms with Gasteiger partial charge in [0.2, 0.25) is 11.8 Å². The van der Waals surface area contributed by atoms with E-state index < -0.39 is 28.5 Å². The maximum Gasteiger partial charge on any atom is 0.264 e. The number of hydrogen-bond donors (Lipinski definition) is 1. The van der Waals surface area contributed by atoms with Crippen molar-refractivity contribution in [3.05, 3.63) is 131 Å². The lowest BCUT2D eigenvalue weighted by Crippen LogP contribution is -2.53. The molecule has 0 aliphatic carbocycles. The summed E-state index contributed by atoms with van der Waals surface area (Å²) in [5.74, 6) is -0.297. The summed E-state index contributed by atoms with van der Waals surface area (Å²) in [5.41, 5.74) is 5.16. The van der Waals surface area contributed by atoms with Gasteiger partial charge >= 0.3 is 0 Å². The Morgan fingerprint density at radius 1 is 0.723 bits per heavy atom. The van der Waals surface area contributed by atoms with Crippen molar-refractivity contribution < 1.29 is 18.0 Å². The number of nitrogens with zero attached hydrogens (tertiary/aromatic N) is 2. The highest BCUT2D eigenvalue weighted by atomic mass is 32.2. The van der Waals surface area contributed by atoms with Crippen LogP contribution in [0.15, 0.2) is 108 Å². The van der Waals surface area contributed by atoms with E-state index in [1.54, 1.807) is 36.4 Å². The van der Waals surface area contributed by atoms with Gasteiger partial charge in [-0.15, -0.1) is 0 Å². The lowest BCUT2D eigenvalue weighted by Gasteiger charge is -2.34. The molecular weight excluding hydrogens is 607 g/mol. The van der Waals surface area contributed by atoms with E-state index in [-0.39, 0.29) is 35.6 Å². The summed E-state index contributed by atoms with van der Waals surface area (Å²) in [6, 6.07) is 30.4. The minimum atomic E-state index is -4.15. The third-order valence-corrected chi connectivity index (χ3v) is 9.95. The number of aryl methyl sites for hydroxylation is 2. The number of hydrogen-bond acceptors (Lipinski definition) is 4. The summed E-state index contributed by atoms with van der Waals surface area (Å²) < 4.78 is 29.7. The number of benzene rings is 4. The number of amides is 2. The summed E-state index contributed by atoms with van der Waals surface area (Å²) in [4.78, 5) is 30.2. The largest absolute Gasteiger partial charge is 0.354 e. The number of rotatable bonds is 14. The van der Waals surface area contributed by atoms with Crippen molar-refractivity contribution in [2.24, 2.45) is 5.92 Å². The zero-order valence-corrected chi connectivity index (χ0v) is 29.1. The molecule has 7 nitrogen and oxygen atoms in total. The van der Waals surface area contributed by atoms with E-state index in [2.05, 4.69) is 19.2 Å². The molecule has 2 amide bonds. The molecular formula is C39H47N3O4S. The monoisotopic (exact) mass is 653 g/mol. The SMILES string of the molecule is Cc1ccc(CN(C(=O)CN(c2ccc(C(C)C)cc2)S(=O)(=O)c2ccc(C)cc2)C(Cc2ccccc2)C(=O)NCC(C)C)cc1. The Morgan fingerprint density at radius 3 is 1.85 bits per heavy atom. The number of carbonyl (C=O) groups excluding carboxylic acids is 2. The average Bonchev–Trinajstić information content (AvgIpc) is 3.05. The van der Waals surface area contributed by atoms with Crippen LogP contribution in [0.4, 0.5) is 5.69 Å². The van der Waals surface area contributed by atoms with Crippen LogP contribution in [-0.4, -0.2) is 44.3 Å². The van der Waals surface area contributed by atoms with Gasteiger partial charge in [-0.05, 0) is 66.6 Å². The number of anilines is 1. The zero-order chi connectivity index (χ0) is 34.1. The molecule has 0 fully saturated rings. The molecule has 0 saturated carbocycles. The van der Waals surface area contributed by atoms with E-state index in [4.69, 9.17) is 0 Å². The summed E-state index contributed by atoms with van der Waals surface area (Å²) in [5, 5.41) is 3.03. The van der Waals surface area contributed by atoms with Gasteiger partial charge in [-0.3, -0.25) is 13.9 Å². The van der Waals surface area contributed by atoms with Gasteiger partial charge in [-0.1, -0.05) is 118 Å². The van der Waals surface area contributed by atoms with Crippen LogP contribution >= 0.6 is 0 Å². The van der Waals surface area contributed by atoms with Gasteiger partial charge in [0, 0.05) is 19.5 Å². The predicted octanol–water partition coefficient (Wildman–Crippen LogP) is 7.03. The lowest BCUT2D eigenvalue weighted by molar-refractivity contribution is -0.140. The van der Waals surface area contributed by atoms with E-state index in [1.807, 2.05) is 94.4 Å². The highest BCUT2D eigenvalue weighted by Crippen LogP contribution is 2.27. The number of sulfonamides is 1. The van der Waals surface area contributed by atoms with Gasteiger partial charge in [-0.2, -0.15) is 0 Å². The Bertz CT molecular complexity index is 1720. The topological polar surface area (TPSA) is 86.8 Å². The molecule has 0 aromatic heterocycles. The molecule has 0 spiro atoms. The molecule has 4 aromatic carbocycles. The molecule has 248 valence electrons. The van der Waals surface area contributed by atoms with E-state index >= 15 is 0 Å².